The van der Waals surface area contributed by atoms with E-state index in [9.17, 15) is 4.79 Å². The fourth-order valence-electron chi connectivity index (χ4n) is 4.19. The van der Waals surface area contributed by atoms with Gasteiger partial charge >= 0.3 is 5.97 Å². The summed E-state index contributed by atoms with van der Waals surface area (Å²) >= 11 is 0. The second kappa shape index (κ2) is 5.07. The highest BCUT2D eigenvalue weighted by molar-refractivity contribution is 5.86. The van der Waals surface area contributed by atoms with Crippen molar-refractivity contribution in [1.29, 1.82) is 0 Å². The largest absolute Gasteiger partial charge is 0.456 e. The molecule has 1 heterocycles. The molecule has 5 rings (SSSR count). The second-order valence-electron chi connectivity index (χ2n) is 6.44. The van der Waals surface area contributed by atoms with Crippen molar-refractivity contribution in [2.24, 2.45) is 0 Å². The fourth-order valence-corrected chi connectivity index (χ4v) is 4.19. The van der Waals surface area contributed by atoms with E-state index in [-0.39, 0.29) is 23.9 Å². The molecule has 2 heteroatoms. The summed E-state index contributed by atoms with van der Waals surface area (Å²) in [6.07, 6.45) is -0.268. The molecule has 0 saturated carbocycles. The van der Waals surface area contributed by atoms with Crippen LogP contribution in [0.15, 0.2) is 78.9 Å². The summed E-state index contributed by atoms with van der Waals surface area (Å²) in [7, 11) is 0. The van der Waals surface area contributed by atoms with Gasteiger partial charge in [-0.1, -0.05) is 78.9 Å². The normalized spacial score (nSPS) is 23.8. The minimum Gasteiger partial charge on any atom is -0.456 e. The van der Waals surface area contributed by atoms with Gasteiger partial charge in [0.05, 0.1) is 5.92 Å². The number of hydrogen-bond donors (Lipinski definition) is 0. The molecular formula is C22H16O2. The molecule has 24 heavy (non-hydrogen) atoms. The first-order chi connectivity index (χ1) is 11.8. The minimum atomic E-state index is -0.317. The van der Waals surface area contributed by atoms with Gasteiger partial charge < -0.3 is 4.74 Å². The third kappa shape index (κ3) is 1.80. The maximum absolute atomic E-state index is 12.8. The summed E-state index contributed by atoms with van der Waals surface area (Å²) in [4.78, 5) is 12.8. The van der Waals surface area contributed by atoms with Crippen LogP contribution in [0.4, 0.5) is 0 Å². The molecule has 0 fully saturated rings. The third-order valence-corrected chi connectivity index (χ3v) is 5.20. The molecule has 0 unspecified atom stereocenters. The molecule has 3 atom stereocenters. The van der Waals surface area contributed by atoms with Gasteiger partial charge in [-0.15, -0.1) is 0 Å². The Kier molecular flexibility index (Phi) is 2.86. The lowest BCUT2D eigenvalue weighted by Gasteiger charge is -2.30. The Labute approximate surface area is 140 Å². The third-order valence-electron chi connectivity index (χ3n) is 5.20. The summed E-state index contributed by atoms with van der Waals surface area (Å²) in [6.45, 7) is 0. The highest BCUT2D eigenvalue weighted by atomic mass is 16.5. The molecule has 116 valence electrons. The Morgan fingerprint density at radius 1 is 0.625 bits per heavy atom. The van der Waals surface area contributed by atoms with Gasteiger partial charge in [-0.2, -0.15) is 0 Å². The highest BCUT2D eigenvalue weighted by Crippen LogP contribution is 2.52. The van der Waals surface area contributed by atoms with Crippen LogP contribution in [-0.4, -0.2) is 5.97 Å². The van der Waals surface area contributed by atoms with Crippen LogP contribution in [0.1, 0.15) is 45.8 Å². The molecule has 0 radical (unpaired) electrons. The Balaban J connectivity index is 1.85. The second-order valence-corrected chi connectivity index (χ2v) is 6.44. The van der Waals surface area contributed by atoms with Gasteiger partial charge in [-0.25, -0.2) is 0 Å². The average molecular weight is 312 g/mol. The average Bonchev–Trinajstić information content (AvgIpc) is 2.84. The van der Waals surface area contributed by atoms with E-state index in [0.29, 0.717) is 0 Å². The first kappa shape index (κ1) is 13.6. The SMILES string of the molecule is O=C1O[C@H]2c3ccccc3[C@@H]1c1ccccc1[C@H]2c1ccccc1. The van der Waals surface area contributed by atoms with Crippen LogP contribution in [0.2, 0.25) is 0 Å². The van der Waals surface area contributed by atoms with Crippen molar-refractivity contribution in [2.75, 3.05) is 0 Å². The zero-order valence-electron chi connectivity index (χ0n) is 13.1. The highest BCUT2D eigenvalue weighted by Gasteiger charge is 2.45. The van der Waals surface area contributed by atoms with Crippen LogP contribution >= 0.6 is 0 Å². The zero-order chi connectivity index (χ0) is 16.1. The molecule has 2 aliphatic rings. The number of fused-ring (bicyclic) bond motifs is 2. The Hall–Kier alpha value is -2.87. The van der Waals surface area contributed by atoms with Crippen molar-refractivity contribution in [2.45, 2.75) is 17.9 Å². The molecule has 0 saturated heterocycles. The minimum absolute atomic E-state index is 0.0278. The first-order valence-electron chi connectivity index (χ1n) is 8.27. The molecule has 2 nitrogen and oxygen atoms in total. The molecule has 3 aromatic carbocycles. The lowest BCUT2D eigenvalue weighted by atomic mass is 9.83. The van der Waals surface area contributed by atoms with E-state index in [0.717, 1.165) is 16.7 Å². The van der Waals surface area contributed by atoms with E-state index >= 15 is 0 Å². The van der Waals surface area contributed by atoms with E-state index in [2.05, 4.69) is 42.5 Å². The standard InChI is InChI=1S/C22H16O2/c23-22-20-16-11-5-4-10-15(16)19(14-8-2-1-3-9-14)21(24-22)18-13-7-6-12-17(18)20/h1-13,19-21H/t19-,20+,21+/m1/s1. The maximum atomic E-state index is 12.8. The summed E-state index contributed by atoms with van der Waals surface area (Å²) in [5.74, 6) is -0.424. The number of hydrogen-bond acceptors (Lipinski definition) is 2. The summed E-state index contributed by atoms with van der Waals surface area (Å²) < 4.78 is 5.95. The zero-order valence-corrected chi connectivity index (χ0v) is 13.1. The van der Waals surface area contributed by atoms with Crippen LogP contribution in [0, 0.1) is 0 Å². The first-order valence-corrected chi connectivity index (χ1v) is 8.27. The van der Waals surface area contributed by atoms with Crippen LogP contribution < -0.4 is 0 Å². The lowest BCUT2D eigenvalue weighted by Crippen LogP contribution is -2.26. The van der Waals surface area contributed by atoms with Gasteiger partial charge in [0, 0.05) is 0 Å². The van der Waals surface area contributed by atoms with E-state index in [1.165, 1.54) is 11.1 Å². The monoisotopic (exact) mass is 312 g/mol. The molecular weight excluding hydrogens is 296 g/mol. The maximum Gasteiger partial charge on any atom is 0.318 e. The Morgan fingerprint density at radius 3 is 1.88 bits per heavy atom. The predicted molar refractivity (Wildman–Crippen MR) is 91.8 cm³/mol. The fraction of sp³-hybridized carbons (Fsp3) is 0.136. The van der Waals surface area contributed by atoms with Crippen molar-refractivity contribution in [1.82, 2.24) is 0 Å². The van der Waals surface area contributed by atoms with Crippen LogP contribution in [0.25, 0.3) is 0 Å². The van der Waals surface area contributed by atoms with Gasteiger partial charge in [0.2, 0.25) is 0 Å². The van der Waals surface area contributed by atoms with Gasteiger partial charge in [-0.3, -0.25) is 4.79 Å². The molecule has 0 aromatic heterocycles. The van der Waals surface area contributed by atoms with Gasteiger partial charge in [0.15, 0.2) is 0 Å². The van der Waals surface area contributed by atoms with Crippen molar-refractivity contribution in [3.05, 3.63) is 107 Å². The van der Waals surface area contributed by atoms with Gasteiger partial charge in [-0.05, 0) is 27.8 Å². The van der Waals surface area contributed by atoms with Gasteiger partial charge in [0.1, 0.15) is 12.0 Å². The topological polar surface area (TPSA) is 26.3 Å². The summed E-state index contributed by atoms with van der Waals surface area (Å²) in [5, 5.41) is 0. The lowest BCUT2D eigenvalue weighted by molar-refractivity contribution is -0.152. The predicted octanol–water partition coefficient (Wildman–Crippen LogP) is 4.56. The van der Waals surface area contributed by atoms with Crippen LogP contribution in [0.3, 0.4) is 0 Å². The van der Waals surface area contributed by atoms with E-state index in [1.54, 1.807) is 0 Å². The molecule has 1 aliphatic heterocycles. The van der Waals surface area contributed by atoms with Crippen molar-refractivity contribution >= 4 is 5.97 Å². The van der Waals surface area contributed by atoms with Gasteiger partial charge in [0.25, 0.3) is 0 Å². The number of ether oxygens (including phenoxy) is 1. The summed E-state index contributed by atoms with van der Waals surface area (Å²) in [6, 6.07) is 26.8. The quantitative estimate of drug-likeness (QED) is 0.616. The molecule has 0 amide bonds. The molecule has 2 bridgehead atoms. The number of rotatable bonds is 1. The van der Waals surface area contributed by atoms with Crippen molar-refractivity contribution in [3.63, 3.8) is 0 Å². The molecule has 1 aliphatic carbocycles. The number of esters is 1. The number of benzene rings is 3. The van der Waals surface area contributed by atoms with Crippen LogP contribution in [0.5, 0.6) is 0 Å². The van der Waals surface area contributed by atoms with Crippen LogP contribution in [-0.2, 0) is 9.53 Å². The van der Waals surface area contributed by atoms with Crippen molar-refractivity contribution < 1.29 is 9.53 Å². The smallest absolute Gasteiger partial charge is 0.318 e. The molecule has 0 spiro atoms. The van der Waals surface area contributed by atoms with E-state index < -0.39 is 0 Å². The Bertz CT molecular complexity index is 929. The number of carbonyl (C=O) groups is 1. The molecule has 3 aromatic rings. The molecule has 0 N–H and O–H groups in total. The van der Waals surface area contributed by atoms with E-state index in [1.807, 2.05) is 36.4 Å². The number of carbonyl (C=O) groups excluding carboxylic acids is 1. The van der Waals surface area contributed by atoms with E-state index in [4.69, 9.17) is 4.74 Å². The van der Waals surface area contributed by atoms with Crippen molar-refractivity contribution in [3.8, 4) is 0 Å². The Morgan fingerprint density at radius 2 is 1.17 bits per heavy atom. The summed E-state index contributed by atoms with van der Waals surface area (Å²) in [5.41, 5.74) is 5.67.